The van der Waals surface area contributed by atoms with Crippen molar-refractivity contribution < 1.29 is 9.53 Å². The second-order valence-electron chi connectivity index (χ2n) is 2.57. The van der Waals surface area contributed by atoms with Gasteiger partial charge in [-0.15, -0.1) is 0 Å². The smallest absolute Gasteiger partial charge is 0.123 e. The van der Waals surface area contributed by atoms with E-state index in [-0.39, 0.29) is 5.92 Å². The highest BCUT2D eigenvalue weighted by Gasteiger charge is 2.23. The Hall–Kier alpha value is -0.370. The molecular formula is C7H12O2. The molecule has 0 spiro atoms. The number of rotatable bonds is 2. The first kappa shape index (κ1) is 6.75. The van der Waals surface area contributed by atoms with Crippen LogP contribution in [0.4, 0.5) is 0 Å². The van der Waals surface area contributed by atoms with Gasteiger partial charge in [0.15, 0.2) is 0 Å². The maximum atomic E-state index is 10.2. The van der Waals surface area contributed by atoms with Gasteiger partial charge < -0.3 is 9.53 Å². The first-order chi connectivity index (χ1) is 4.36. The topological polar surface area (TPSA) is 26.3 Å². The van der Waals surface area contributed by atoms with Gasteiger partial charge in [-0.25, -0.2) is 0 Å². The number of carbonyl (C=O) groups excluding carboxylic acids is 1. The van der Waals surface area contributed by atoms with Gasteiger partial charge in [0.05, 0.1) is 6.10 Å². The van der Waals surface area contributed by atoms with Crippen LogP contribution in [0.2, 0.25) is 0 Å². The molecule has 0 amide bonds. The molecule has 1 saturated carbocycles. The van der Waals surface area contributed by atoms with Crippen molar-refractivity contribution in [3.8, 4) is 0 Å². The van der Waals surface area contributed by atoms with Gasteiger partial charge >= 0.3 is 0 Å². The van der Waals surface area contributed by atoms with Gasteiger partial charge in [0, 0.05) is 13.0 Å². The molecule has 1 rings (SSSR count). The molecule has 0 N–H and O–H groups in total. The first-order valence-electron chi connectivity index (χ1n) is 3.35. The SMILES string of the molecule is COC1CCC(C=O)C1. The maximum Gasteiger partial charge on any atom is 0.123 e. The zero-order chi connectivity index (χ0) is 6.69. The van der Waals surface area contributed by atoms with Crippen LogP contribution in [0.25, 0.3) is 0 Å². The van der Waals surface area contributed by atoms with E-state index in [4.69, 9.17) is 4.74 Å². The van der Waals surface area contributed by atoms with E-state index in [2.05, 4.69) is 0 Å². The van der Waals surface area contributed by atoms with E-state index in [9.17, 15) is 4.79 Å². The zero-order valence-electron chi connectivity index (χ0n) is 5.67. The van der Waals surface area contributed by atoms with Gasteiger partial charge in [0.2, 0.25) is 0 Å². The number of carbonyl (C=O) groups is 1. The molecule has 0 bridgehead atoms. The average molecular weight is 128 g/mol. The fraction of sp³-hybridized carbons (Fsp3) is 0.857. The minimum atomic E-state index is 0.273. The summed E-state index contributed by atoms with van der Waals surface area (Å²) in [5.74, 6) is 0.273. The first-order valence-corrected chi connectivity index (χ1v) is 3.35. The third kappa shape index (κ3) is 1.52. The molecule has 0 aromatic heterocycles. The van der Waals surface area contributed by atoms with Crippen molar-refractivity contribution in [3.63, 3.8) is 0 Å². The summed E-state index contributed by atoms with van der Waals surface area (Å²) in [6.45, 7) is 0. The summed E-state index contributed by atoms with van der Waals surface area (Å²) in [4.78, 5) is 10.2. The molecule has 0 saturated heterocycles. The highest BCUT2D eigenvalue weighted by atomic mass is 16.5. The van der Waals surface area contributed by atoms with E-state index < -0.39 is 0 Å². The third-order valence-corrected chi connectivity index (χ3v) is 1.95. The predicted molar refractivity (Wildman–Crippen MR) is 34.2 cm³/mol. The minimum absolute atomic E-state index is 0.273. The molecule has 2 unspecified atom stereocenters. The summed E-state index contributed by atoms with van der Waals surface area (Å²) in [7, 11) is 1.71. The van der Waals surface area contributed by atoms with Gasteiger partial charge in [0.25, 0.3) is 0 Å². The monoisotopic (exact) mass is 128 g/mol. The van der Waals surface area contributed by atoms with E-state index in [0.29, 0.717) is 6.10 Å². The Morgan fingerprint density at radius 2 is 2.33 bits per heavy atom. The minimum Gasteiger partial charge on any atom is -0.381 e. The summed E-state index contributed by atoms with van der Waals surface area (Å²) in [5.41, 5.74) is 0. The van der Waals surface area contributed by atoms with E-state index in [1.54, 1.807) is 7.11 Å². The zero-order valence-corrected chi connectivity index (χ0v) is 5.67. The van der Waals surface area contributed by atoms with Crippen molar-refractivity contribution >= 4 is 6.29 Å². The summed E-state index contributed by atoms with van der Waals surface area (Å²) in [6.07, 6.45) is 4.39. The molecule has 0 aromatic rings. The van der Waals surface area contributed by atoms with E-state index in [1.807, 2.05) is 0 Å². The molecule has 0 heterocycles. The number of methoxy groups -OCH3 is 1. The Bertz CT molecular complexity index is 101. The third-order valence-electron chi connectivity index (χ3n) is 1.95. The lowest BCUT2D eigenvalue weighted by atomic mass is 10.1. The lowest BCUT2D eigenvalue weighted by Gasteiger charge is -2.03. The van der Waals surface area contributed by atoms with Crippen LogP contribution in [-0.4, -0.2) is 19.5 Å². The molecule has 1 aliphatic carbocycles. The van der Waals surface area contributed by atoms with Crippen molar-refractivity contribution in [1.29, 1.82) is 0 Å². The van der Waals surface area contributed by atoms with Crippen LogP contribution in [0, 0.1) is 5.92 Å². The van der Waals surface area contributed by atoms with Crippen LogP contribution in [0.1, 0.15) is 19.3 Å². The molecule has 2 atom stereocenters. The maximum absolute atomic E-state index is 10.2. The van der Waals surface area contributed by atoms with Crippen molar-refractivity contribution in [3.05, 3.63) is 0 Å². The molecule has 0 radical (unpaired) electrons. The van der Waals surface area contributed by atoms with E-state index in [1.165, 1.54) is 0 Å². The van der Waals surface area contributed by atoms with Crippen LogP contribution >= 0.6 is 0 Å². The van der Waals surface area contributed by atoms with Crippen LogP contribution in [-0.2, 0) is 9.53 Å². The lowest BCUT2D eigenvalue weighted by Crippen LogP contribution is -2.04. The quantitative estimate of drug-likeness (QED) is 0.518. The molecule has 2 heteroatoms. The van der Waals surface area contributed by atoms with Crippen LogP contribution in [0.5, 0.6) is 0 Å². The van der Waals surface area contributed by atoms with Gasteiger partial charge in [-0.1, -0.05) is 0 Å². The standard InChI is InChI=1S/C7H12O2/c1-9-7-3-2-6(4-7)5-8/h5-7H,2-4H2,1H3. The number of hydrogen-bond acceptors (Lipinski definition) is 2. The van der Waals surface area contributed by atoms with Gasteiger partial charge in [-0.3, -0.25) is 0 Å². The largest absolute Gasteiger partial charge is 0.381 e. The molecule has 1 fully saturated rings. The molecule has 0 aliphatic heterocycles. The summed E-state index contributed by atoms with van der Waals surface area (Å²) in [5, 5.41) is 0. The molecule has 9 heavy (non-hydrogen) atoms. The molecule has 1 aliphatic rings. The Morgan fingerprint density at radius 3 is 2.67 bits per heavy atom. The van der Waals surface area contributed by atoms with Crippen LogP contribution in [0.15, 0.2) is 0 Å². The van der Waals surface area contributed by atoms with Crippen molar-refractivity contribution in [2.75, 3.05) is 7.11 Å². The fourth-order valence-corrected chi connectivity index (χ4v) is 1.31. The number of hydrogen-bond donors (Lipinski definition) is 0. The Balaban J connectivity index is 2.28. The molecule has 2 nitrogen and oxygen atoms in total. The highest BCUT2D eigenvalue weighted by Crippen LogP contribution is 2.25. The summed E-state index contributed by atoms with van der Waals surface area (Å²) >= 11 is 0. The van der Waals surface area contributed by atoms with E-state index >= 15 is 0 Å². The normalized spacial score (nSPS) is 34.8. The Morgan fingerprint density at radius 1 is 1.56 bits per heavy atom. The van der Waals surface area contributed by atoms with Crippen molar-refractivity contribution in [1.82, 2.24) is 0 Å². The molecule has 0 aromatic carbocycles. The number of ether oxygens (including phenoxy) is 1. The second kappa shape index (κ2) is 2.97. The second-order valence-corrected chi connectivity index (χ2v) is 2.57. The number of aldehydes is 1. The predicted octanol–water partition coefficient (Wildman–Crippen LogP) is 1.00. The molecule has 52 valence electrons. The highest BCUT2D eigenvalue weighted by molar-refractivity contribution is 5.54. The Labute approximate surface area is 55.2 Å². The van der Waals surface area contributed by atoms with E-state index in [0.717, 1.165) is 25.5 Å². The average Bonchev–Trinajstić information content (AvgIpc) is 2.34. The van der Waals surface area contributed by atoms with Gasteiger partial charge in [0.1, 0.15) is 6.29 Å². The van der Waals surface area contributed by atoms with Gasteiger partial charge in [-0.2, -0.15) is 0 Å². The van der Waals surface area contributed by atoms with Gasteiger partial charge in [-0.05, 0) is 19.3 Å². The summed E-state index contributed by atoms with van der Waals surface area (Å²) < 4.78 is 5.08. The van der Waals surface area contributed by atoms with Crippen molar-refractivity contribution in [2.24, 2.45) is 5.92 Å². The van der Waals surface area contributed by atoms with Crippen molar-refractivity contribution in [2.45, 2.75) is 25.4 Å². The lowest BCUT2D eigenvalue weighted by molar-refractivity contribution is -0.111. The Kier molecular flexibility index (Phi) is 2.22. The fourth-order valence-electron chi connectivity index (χ4n) is 1.31. The van der Waals surface area contributed by atoms with Crippen LogP contribution in [0.3, 0.4) is 0 Å². The molecular weight excluding hydrogens is 116 g/mol. The van der Waals surface area contributed by atoms with Crippen LogP contribution < -0.4 is 0 Å². The summed E-state index contributed by atoms with van der Waals surface area (Å²) in [6, 6.07) is 0.